The molecule has 0 spiro atoms. The van der Waals surface area contributed by atoms with Crippen LogP contribution in [0.5, 0.6) is 0 Å². The van der Waals surface area contributed by atoms with Crippen LogP contribution in [0.3, 0.4) is 0 Å². The standard InChI is InChI=1S/C7H10N2O4S/c1-5(14(2,12)13)9-4-3-6(8-9)7(10)11/h3-5H,1-2H3,(H,10,11). The van der Waals surface area contributed by atoms with E-state index in [0.29, 0.717) is 0 Å². The molecule has 0 aliphatic carbocycles. The molecule has 1 unspecified atom stereocenters. The minimum atomic E-state index is -3.26. The number of carboxylic acids is 1. The molecule has 0 radical (unpaired) electrons. The highest BCUT2D eigenvalue weighted by atomic mass is 32.2. The second-order valence-electron chi connectivity index (χ2n) is 2.91. The predicted molar refractivity (Wildman–Crippen MR) is 48.7 cm³/mol. The van der Waals surface area contributed by atoms with Crippen molar-refractivity contribution in [2.45, 2.75) is 12.3 Å². The van der Waals surface area contributed by atoms with Crippen molar-refractivity contribution in [3.63, 3.8) is 0 Å². The van der Waals surface area contributed by atoms with Crippen molar-refractivity contribution in [1.82, 2.24) is 9.78 Å². The number of hydrogen-bond acceptors (Lipinski definition) is 4. The fraction of sp³-hybridized carbons (Fsp3) is 0.429. The van der Waals surface area contributed by atoms with Crippen molar-refractivity contribution < 1.29 is 18.3 Å². The normalized spacial score (nSPS) is 13.9. The van der Waals surface area contributed by atoms with Gasteiger partial charge in [0.25, 0.3) is 0 Å². The maximum atomic E-state index is 11.1. The predicted octanol–water partition coefficient (Wildman–Crippen LogP) is 0.144. The van der Waals surface area contributed by atoms with E-state index in [4.69, 9.17) is 5.11 Å². The molecule has 1 aromatic heterocycles. The van der Waals surface area contributed by atoms with Crippen molar-refractivity contribution in [2.24, 2.45) is 0 Å². The van der Waals surface area contributed by atoms with Gasteiger partial charge in [-0.3, -0.25) is 4.68 Å². The highest BCUT2D eigenvalue weighted by molar-refractivity contribution is 7.90. The fourth-order valence-corrected chi connectivity index (χ4v) is 1.36. The van der Waals surface area contributed by atoms with Gasteiger partial charge in [-0.15, -0.1) is 0 Å². The van der Waals surface area contributed by atoms with Gasteiger partial charge in [0.05, 0.1) is 0 Å². The van der Waals surface area contributed by atoms with E-state index >= 15 is 0 Å². The summed E-state index contributed by atoms with van der Waals surface area (Å²) in [5.41, 5.74) is -0.166. The van der Waals surface area contributed by atoms with E-state index in [-0.39, 0.29) is 5.69 Å². The highest BCUT2D eigenvalue weighted by Crippen LogP contribution is 2.11. The molecule has 0 amide bonds. The molecule has 0 aromatic carbocycles. The topological polar surface area (TPSA) is 89.3 Å². The zero-order valence-corrected chi connectivity index (χ0v) is 8.52. The third kappa shape index (κ3) is 2.11. The number of carbonyl (C=O) groups is 1. The Morgan fingerprint density at radius 3 is 2.57 bits per heavy atom. The number of hydrogen-bond donors (Lipinski definition) is 1. The van der Waals surface area contributed by atoms with Gasteiger partial charge in [-0.05, 0) is 13.0 Å². The minimum absolute atomic E-state index is 0.166. The molecule has 7 heteroatoms. The Kier molecular flexibility index (Phi) is 2.61. The van der Waals surface area contributed by atoms with Crippen LogP contribution in [0.15, 0.2) is 12.3 Å². The Balaban J connectivity index is 3.04. The Morgan fingerprint density at radius 2 is 2.21 bits per heavy atom. The first-order valence-corrected chi connectivity index (χ1v) is 5.75. The lowest BCUT2D eigenvalue weighted by molar-refractivity contribution is 0.0689. The summed E-state index contributed by atoms with van der Waals surface area (Å²) >= 11 is 0. The van der Waals surface area contributed by atoms with Gasteiger partial charge in [0, 0.05) is 12.5 Å². The molecular weight excluding hydrogens is 208 g/mol. The molecule has 0 fully saturated rings. The summed E-state index contributed by atoms with van der Waals surface area (Å²) in [4.78, 5) is 10.5. The second-order valence-corrected chi connectivity index (χ2v) is 5.26. The summed E-state index contributed by atoms with van der Waals surface area (Å²) in [7, 11) is -3.26. The molecule has 14 heavy (non-hydrogen) atoms. The number of aromatic nitrogens is 2. The van der Waals surface area contributed by atoms with Crippen LogP contribution in [-0.4, -0.2) is 35.5 Å². The maximum absolute atomic E-state index is 11.1. The lowest BCUT2D eigenvalue weighted by Gasteiger charge is -2.08. The maximum Gasteiger partial charge on any atom is 0.356 e. The first-order valence-electron chi connectivity index (χ1n) is 3.79. The zero-order valence-electron chi connectivity index (χ0n) is 7.71. The summed E-state index contributed by atoms with van der Waals surface area (Å²) in [5.74, 6) is -1.18. The van der Waals surface area contributed by atoms with Crippen LogP contribution in [0, 0.1) is 0 Å². The highest BCUT2D eigenvalue weighted by Gasteiger charge is 2.18. The lowest BCUT2D eigenvalue weighted by Crippen LogP contribution is -2.16. The summed E-state index contributed by atoms with van der Waals surface area (Å²) in [6, 6.07) is 1.25. The third-order valence-electron chi connectivity index (χ3n) is 1.82. The quantitative estimate of drug-likeness (QED) is 0.779. The van der Waals surface area contributed by atoms with Crippen LogP contribution in [0.4, 0.5) is 0 Å². The Morgan fingerprint density at radius 1 is 1.64 bits per heavy atom. The van der Waals surface area contributed by atoms with Gasteiger partial charge >= 0.3 is 5.97 Å². The van der Waals surface area contributed by atoms with E-state index in [9.17, 15) is 13.2 Å². The van der Waals surface area contributed by atoms with Gasteiger partial charge in [-0.1, -0.05) is 0 Å². The Hall–Kier alpha value is -1.37. The average Bonchev–Trinajstić information content (AvgIpc) is 2.48. The zero-order chi connectivity index (χ0) is 10.9. The summed E-state index contributed by atoms with van der Waals surface area (Å²) in [6.45, 7) is 1.44. The number of carboxylic acid groups (broad SMARTS) is 1. The molecule has 0 saturated heterocycles. The number of rotatable bonds is 3. The molecule has 6 nitrogen and oxygen atoms in total. The molecule has 0 aliphatic rings. The molecular formula is C7H10N2O4S. The molecule has 1 atom stereocenters. The molecule has 1 N–H and O–H groups in total. The van der Waals surface area contributed by atoms with Crippen molar-refractivity contribution in [3.8, 4) is 0 Å². The van der Waals surface area contributed by atoms with Crippen LogP contribution in [0.1, 0.15) is 22.8 Å². The lowest BCUT2D eigenvalue weighted by atomic mass is 10.5. The van der Waals surface area contributed by atoms with Crippen molar-refractivity contribution in [3.05, 3.63) is 18.0 Å². The molecule has 1 rings (SSSR count). The van der Waals surface area contributed by atoms with Crippen molar-refractivity contribution in [1.29, 1.82) is 0 Å². The molecule has 0 aliphatic heterocycles. The Labute approximate surface area is 81.1 Å². The first-order chi connectivity index (χ1) is 6.32. The first kappa shape index (κ1) is 10.7. The summed E-state index contributed by atoms with van der Waals surface area (Å²) < 4.78 is 23.3. The van der Waals surface area contributed by atoms with Crippen LogP contribution < -0.4 is 0 Å². The monoisotopic (exact) mass is 218 g/mol. The van der Waals surface area contributed by atoms with Gasteiger partial charge in [0.15, 0.2) is 15.5 Å². The number of nitrogens with zero attached hydrogens (tertiary/aromatic N) is 2. The van der Waals surface area contributed by atoms with Crippen LogP contribution in [-0.2, 0) is 9.84 Å². The SMILES string of the molecule is CC(n1ccc(C(=O)O)n1)S(C)(=O)=O. The average molecular weight is 218 g/mol. The van der Waals surface area contributed by atoms with E-state index in [1.807, 2.05) is 0 Å². The van der Waals surface area contributed by atoms with Gasteiger partial charge in [0.1, 0.15) is 5.37 Å². The minimum Gasteiger partial charge on any atom is -0.476 e. The molecule has 1 aromatic rings. The van der Waals surface area contributed by atoms with Crippen LogP contribution in [0.2, 0.25) is 0 Å². The van der Waals surface area contributed by atoms with E-state index in [1.54, 1.807) is 0 Å². The van der Waals surface area contributed by atoms with Gasteiger partial charge in [0.2, 0.25) is 0 Å². The fourth-order valence-electron chi connectivity index (χ4n) is 0.851. The summed E-state index contributed by atoms with van der Waals surface area (Å²) in [6.07, 6.45) is 2.40. The molecule has 0 saturated carbocycles. The third-order valence-corrected chi connectivity index (χ3v) is 3.27. The van der Waals surface area contributed by atoms with E-state index < -0.39 is 21.2 Å². The second kappa shape index (κ2) is 3.41. The number of sulfone groups is 1. The van der Waals surface area contributed by atoms with Crippen molar-refractivity contribution >= 4 is 15.8 Å². The van der Waals surface area contributed by atoms with E-state index in [2.05, 4.69) is 5.10 Å². The molecule has 0 bridgehead atoms. The van der Waals surface area contributed by atoms with E-state index in [1.165, 1.54) is 19.2 Å². The van der Waals surface area contributed by atoms with Crippen molar-refractivity contribution in [2.75, 3.05) is 6.26 Å². The van der Waals surface area contributed by atoms with E-state index in [0.717, 1.165) is 10.9 Å². The smallest absolute Gasteiger partial charge is 0.356 e. The van der Waals surface area contributed by atoms with Crippen LogP contribution >= 0.6 is 0 Å². The number of aromatic carboxylic acids is 1. The van der Waals surface area contributed by atoms with Crippen LogP contribution in [0.25, 0.3) is 0 Å². The largest absolute Gasteiger partial charge is 0.476 e. The van der Waals surface area contributed by atoms with Gasteiger partial charge < -0.3 is 5.11 Å². The molecule has 1 heterocycles. The Bertz CT molecular complexity index is 448. The summed E-state index contributed by atoms with van der Waals surface area (Å²) in [5, 5.41) is 11.3. The van der Waals surface area contributed by atoms with Gasteiger partial charge in [-0.2, -0.15) is 5.10 Å². The molecule has 78 valence electrons. The van der Waals surface area contributed by atoms with Gasteiger partial charge in [-0.25, -0.2) is 13.2 Å².